The second kappa shape index (κ2) is 9.55. The quantitative estimate of drug-likeness (QED) is 0.574. The number of aromatic carboxylic acids is 2. The van der Waals surface area contributed by atoms with E-state index in [9.17, 15) is 9.59 Å². The number of thiophene rings is 1. The van der Waals surface area contributed by atoms with Gasteiger partial charge in [0, 0.05) is 4.88 Å². The second-order valence-electron chi connectivity index (χ2n) is 5.29. The van der Waals surface area contributed by atoms with E-state index in [0.717, 1.165) is 35.5 Å². The van der Waals surface area contributed by atoms with Crippen LogP contribution in [0.3, 0.4) is 0 Å². The molecule has 0 aliphatic rings. The first-order valence-corrected chi connectivity index (χ1v) is 8.47. The molecule has 21 heavy (non-hydrogen) atoms. The molecule has 4 nitrogen and oxygen atoms in total. The summed E-state index contributed by atoms with van der Waals surface area (Å²) < 4.78 is 0. The summed E-state index contributed by atoms with van der Waals surface area (Å²) >= 11 is 1.09. The molecule has 5 heteroatoms. The van der Waals surface area contributed by atoms with Gasteiger partial charge < -0.3 is 10.2 Å². The van der Waals surface area contributed by atoms with E-state index < -0.39 is 11.9 Å². The van der Waals surface area contributed by atoms with Crippen LogP contribution in [0.5, 0.6) is 0 Å². The summed E-state index contributed by atoms with van der Waals surface area (Å²) in [6.07, 6.45) is 10.5. The molecule has 118 valence electrons. The molecular weight excluding hydrogens is 288 g/mol. The number of rotatable bonds is 11. The van der Waals surface area contributed by atoms with Crippen LogP contribution in [-0.4, -0.2) is 22.2 Å². The summed E-state index contributed by atoms with van der Waals surface area (Å²) in [5.41, 5.74) is -0.0814. The van der Waals surface area contributed by atoms with E-state index in [2.05, 4.69) is 6.92 Å². The van der Waals surface area contributed by atoms with Gasteiger partial charge in [-0.3, -0.25) is 0 Å². The van der Waals surface area contributed by atoms with Gasteiger partial charge in [-0.2, -0.15) is 0 Å². The molecule has 1 rings (SSSR count). The molecule has 2 N–H and O–H groups in total. The largest absolute Gasteiger partial charge is 0.478 e. The zero-order chi connectivity index (χ0) is 15.7. The van der Waals surface area contributed by atoms with E-state index in [1.807, 2.05) is 0 Å². The lowest BCUT2D eigenvalue weighted by Gasteiger charge is -2.00. The molecule has 0 unspecified atom stereocenters. The van der Waals surface area contributed by atoms with Crippen LogP contribution in [0.1, 0.15) is 83.2 Å². The lowest BCUT2D eigenvalue weighted by atomic mass is 10.1. The van der Waals surface area contributed by atoms with Gasteiger partial charge in [0.15, 0.2) is 0 Å². The predicted molar refractivity (Wildman–Crippen MR) is 84.6 cm³/mol. The first kappa shape index (κ1) is 17.7. The molecule has 0 aliphatic carbocycles. The molecule has 1 heterocycles. The average molecular weight is 312 g/mol. The summed E-state index contributed by atoms with van der Waals surface area (Å²) in [7, 11) is 0. The van der Waals surface area contributed by atoms with E-state index >= 15 is 0 Å². The maximum atomic E-state index is 11.0. The zero-order valence-corrected chi connectivity index (χ0v) is 13.4. The Morgan fingerprint density at radius 3 is 2.00 bits per heavy atom. The van der Waals surface area contributed by atoms with Gasteiger partial charge in [0.2, 0.25) is 0 Å². The highest BCUT2D eigenvalue weighted by Gasteiger charge is 2.20. The molecule has 0 radical (unpaired) electrons. The molecule has 0 bridgehead atoms. The van der Waals surface area contributed by atoms with Gasteiger partial charge in [-0.15, -0.1) is 11.3 Å². The molecule has 0 amide bonds. The highest BCUT2D eigenvalue weighted by atomic mass is 32.1. The van der Waals surface area contributed by atoms with E-state index in [0.29, 0.717) is 0 Å². The SMILES string of the molecule is CCCCCCCCCCc1cc(C(=O)O)c(C(=O)O)s1. The van der Waals surface area contributed by atoms with Gasteiger partial charge in [0.25, 0.3) is 0 Å². The van der Waals surface area contributed by atoms with Gasteiger partial charge in [0.05, 0.1) is 5.56 Å². The average Bonchev–Trinajstić information content (AvgIpc) is 2.86. The Balaban J connectivity index is 2.31. The Hall–Kier alpha value is -1.36. The fraction of sp³-hybridized carbons (Fsp3) is 0.625. The van der Waals surface area contributed by atoms with Crippen molar-refractivity contribution in [1.29, 1.82) is 0 Å². The first-order valence-electron chi connectivity index (χ1n) is 7.65. The molecule has 0 aromatic carbocycles. The van der Waals surface area contributed by atoms with E-state index in [1.54, 1.807) is 0 Å². The molecule has 0 atom stereocenters. The van der Waals surface area contributed by atoms with Crippen LogP contribution in [0.15, 0.2) is 6.07 Å². The molecule has 0 fully saturated rings. The Morgan fingerprint density at radius 1 is 0.952 bits per heavy atom. The summed E-state index contributed by atoms with van der Waals surface area (Å²) in [5.74, 6) is -2.31. The zero-order valence-electron chi connectivity index (χ0n) is 12.6. The molecule has 1 aromatic heterocycles. The van der Waals surface area contributed by atoms with Crippen molar-refractivity contribution in [3.8, 4) is 0 Å². The van der Waals surface area contributed by atoms with Crippen LogP contribution in [-0.2, 0) is 6.42 Å². The van der Waals surface area contributed by atoms with Crippen molar-refractivity contribution < 1.29 is 19.8 Å². The van der Waals surface area contributed by atoms with Gasteiger partial charge >= 0.3 is 11.9 Å². The minimum absolute atomic E-state index is 0.0583. The predicted octanol–water partition coefficient (Wildman–Crippen LogP) is 4.83. The van der Waals surface area contributed by atoms with Crippen molar-refractivity contribution in [2.45, 2.75) is 64.7 Å². The van der Waals surface area contributed by atoms with Crippen molar-refractivity contribution in [3.05, 3.63) is 21.4 Å². The molecule has 0 spiro atoms. The van der Waals surface area contributed by atoms with Gasteiger partial charge in [-0.25, -0.2) is 9.59 Å². The molecular formula is C16H24O4S. The third kappa shape index (κ3) is 6.29. The van der Waals surface area contributed by atoms with Gasteiger partial charge in [0.1, 0.15) is 4.88 Å². The summed E-state index contributed by atoms with van der Waals surface area (Å²) in [6, 6.07) is 1.51. The van der Waals surface area contributed by atoms with E-state index in [1.165, 1.54) is 44.6 Å². The molecule has 0 saturated carbocycles. The smallest absolute Gasteiger partial charge is 0.346 e. The number of hydrogen-bond acceptors (Lipinski definition) is 3. The number of hydrogen-bond donors (Lipinski definition) is 2. The van der Waals surface area contributed by atoms with Crippen molar-refractivity contribution in [2.75, 3.05) is 0 Å². The number of aryl methyl sites for hydroxylation is 1. The van der Waals surface area contributed by atoms with Crippen LogP contribution >= 0.6 is 11.3 Å². The van der Waals surface area contributed by atoms with Crippen LogP contribution < -0.4 is 0 Å². The maximum Gasteiger partial charge on any atom is 0.346 e. The lowest BCUT2D eigenvalue weighted by Crippen LogP contribution is -2.03. The standard InChI is InChI=1S/C16H24O4S/c1-2-3-4-5-6-7-8-9-10-12-11-13(15(17)18)14(21-12)16(19)20/h11H,2-10H2,1H3,(H,17,18)(H,19,20). The van der Waals surface area contributed by atoms with Crippen molar-refractivity contribution in [2.24, 2.45) is 0 Å². The van der Waals surface area contributed by atoms with Crippen LogP contribution in [0.2, 0.25) is 0 Å². The van der Waals surface area contributed by atoms with Gasteiger partial charge in [-0.1, -0.05) is 51.9 Å². The summed E-state index contributed by atoms with van der Waals surface area (Å²) in [6.45, 7) is 2.21. The first-order chi connectivity index (χ1) is 10.1. The van der Waals surface area contributed by atoms with Crippen LogP contribution in [0, 0.1) is 0 Å². The number of carbonyl (C=O) groups is 2. The Morgan fingerprint density at radius 2 is 1.52 bits per heavy atom. The lowest BCUT2D eigenvalue weighted by molar-refractivity contribution is 0.0656. The third-order valence-electron chi connectivity index (χ3n) is 3.48. The molecule has 0 aliphatic heterocycles. The highest BCUT2D eigenvalue weighted by molar-refractivity contribution is 7.14. The van der Waals surface area contributed by atoms with Gasteiger partial charge in [-0.05, 0) is 18.9 Å². The highest BCUT2D eigenvalue weighted by Crippen LogP contribution is 2.24. The van der Waals surface area contributed by atoms with E-state index in [-0.39, 0.29) is 10.4 Å². The monoisotopic (exact) mass is 312 g/mol. The molecule has 1 aromatic rings. The second-order valence-corrected chi connectivity index (χ2v) is 6.43. The number of carboxylic acid groups (broad SMARTS) is 2. The fourth-order valence-corrected chi connectivity index (χ4v) is 3.34. The normalized spacial score (nSPS) is 10.7. The Kier molecular flexibility index (Phi) is 8.05. The number of unbranched alkanes of at least 4 members (excludes halogenated alkanes) is 7. The van der Waals surface area contributed by atoms with Crippen molar-refractivity contribution in [3.63, 3.8) is 0 Å². The topological polar surface area (TPSA) is 74.6 Å². The van der Waals surface area contributed by atoms with E-state index in [4.69, 9.17) is 10.2 Å². The maximum absolute atomic E-state index is 11.0. The van der Waals surface area contributed by atoms with Crippen LogP contribution in [0.4, 0.5) is 0 Å². The fourth-order valence-electron chi connectivity index (χ4n) is 2.32. The van der Waals surface area contributed by atoms with Crippen molar-refractivity contribution in [1.82, 2.24) is 0 Å². The third-order valence-corrected chi connectivity index (χ3v) is 4.67. The Labute approximate surface area is 129 Å². The number of carboxylic acids is 2. The summed E-state index contributed by atoms with van der Waals surface area (Å²) in [5, 5.41) is 18.0. The minimum atomic E-state index is -1.16. The molecule has 0 saturated heterocycles. The van der Waals surface area contributed by atoms with Crippen LogP contribution in [0.25, 0.3) is 0 Å². The minimum Gasteiger partial charge on any atom is -0.478 e. The summed E-state index contributed by atoms with van der Waals surface area (Å²) in [4.78, 5) is 22.8. The Bertz CT molecular complexity index is 433. The van der Waals surface area contributed by atoms with Crippen molar-refractivity contribution >= 4 is 23.3 Å².